The van der Waals surface area contributed by atoms with Gasteiger partial charge in [-0.2, -0.15) is 0 Å². The predicted molar refractivity (Wildman–Crippen MR) is 240 cm³/mol. The molecular formula is C53H34N4O. The third kappa shape index (κ3) is 5.17. The number of amidine groups is 2. The first kappa shape index (κ1) is 32.5. The molecule has 0 radical (unpaired) electrons. The van der Waals surface area contributed by atoms with Crippen LogP contribution < -0.4 is 5.32 Å². The van der Waals surface area contributed by atoms with Gasteiger partial charge in [0.05, 0.1) is 16.7 Å². The Morgan fingerprint density at radius 1 is 0.483 bits per heavy atom. The molecule has 1 unspecified atom stereocenters. The number of fused-ring (bicyclic) bond motifs is 8. The van der Waals surface area contributed by atoms with Gasteiger partial charge in [0, 0.05) is 32.7 Å². The molecular weight excluding hydrogens is 709 g/mol. The van der Waals surface area contributed by atoms with Gasteiger partial charge in [0.1, 0.15) is 17.6 Å². The van der Waals surface area contributed by atoms with E-state index in [0.717, 1.165) is 66.6 Å². The van der Waals surface area contributed by atoms with Crippen molar-refractivity contribution in [3.05, 3.63) is 211 Å². The number of para-hydroxylation sites is 2. The molecule has 0 saturated heterocycles. The Morgan fingerprint density at radius 3 is 2.03 bits per heavy atom. The average molecular weight is 743 g/mol. The van der Waals surface area contributed by atoms with Crippen molar-refractivity contribution in [2.24, 2.45) is 9.98 Å². The summed E-state index contributed by atoms with van der Waals surface area (Å²) in [6.45, 7) is 0. The minimum atomic E-state index is -0.362. The van der Waals surface area contributed by atoms with Crippen LogP contribution in [-0.2, 0) is 0 Å². The number of furan rings is 1. The highest BCUT2D eigenvalue weighted by Gasteiger charge is 2.25. The molecule has 1 atom stereocenters. The molecule has 272 valence electrons. The number of hydrogen-bond acceptors (Lipinski definition) is 4. The molecule has 9 aromatic carbocycles. The lowest BCUT2D eigenvalue weighted by atomic mass is 10.0. The maximum absolute atomic E-state index is 6.94. The van der Waals surface area contributed by atoms with Gasteiger partial charge < -0.3 is 14.3 Å². The van der Waals surface area contributed by atoms with E-state index in [4.69, 9.17) is 14.4 Å². The van der Waals surface area contributed by atoms with E-state index in [2.05, 4.69) is 204 Å². The summed E-state index contributed by atoms with van der Waals surface area (Å²) in [5.41, 5.74) is 10.2. The summed E-state index contributed by atoms with van der Waals surface area (Å²) in [7, 11) is 0. The van der Waals surface area contributed by atoms with E-state index in [0.29, 0.717) is 5.84 Å². The Morgan fingerprint density at radius 2 is 1.17 bits per heavy atom. The van der Waals surface area contributed by atoms with E-state index in [9.17, 15) is 0 Å². The van der Waals surface area contributed by atoms with Crippen LogP contribution in [0.3, 0.4) is 0 Å². The van der Waals surface area contributed by atoms with Gasteiger partial charge in [-0.3, -0.25) is 0 Å². The molecule has 1 N–H and O–H groups in total. The highest BCUT2D eigenvalue weighted by atomic mass is 16.3. The summed E-state index contributed by atoms with van der Waals surface area (Å²) in [6, 6.07) is 68.6. The molecule has 3 heterocycles. The normalized spacial score (nSPS) is 14.4. The molecule has 11 aromatic rings. The van der Waals surface area contributed by atoms with Crippen LogP contribution in [0.4, 0.5) is 0 Å². The molecule has 1 aliphatic rings. The molecule has 0 spiro atoms. The lowest BCUT2D eigenvalue weighted by Gasteiger charge is -2.24. The standard InChI is InChI=1S/C53H34N4O/c1-2-12-33(13-3-1)38-28-29-42-41-18-8-9-21-45(41)57(47(42)32-38)46-22-10-19-43-49-44(20-11-23-48(49)58-50(43)46)53-55-51(39-26-24-34-14-4-6-16-36(34)30-39)54-52(56-53)40-27-25-35-15-5-7-17-37(35)31-40/h1-32,51H,(H,54,55,56). The second kappa shape index (κ2) is 12.9. The Balaban J connectivity index is 1.06. The fourth-order valence-corrected chi connectivity index (χ4v) is 8.84. The molecule has 12 rings (SSSR count). The van der Waals surface area contributed by atoms with E-state index in [1.807, 2.05) is 0 Å². The van der Waals surface area contributed by atoms with Gasteiger partial charge in [0.15, 0.2) is 11.4 Å². The van der Waals surface area contributed by atoms with Crippen LogP contribution >= 0.6 is 0 Å². The zero-order chi connectivity index (χ0) is 38.2. The molecule has 5 heteroatoms. The minimum absolute atomic E-state index is 0.362. The first-order chi connectivity index (χ1) is 28.7. The van der Waals surface area contributed by atoms with Crippen molar-refractivity contribution in [1.29, 1.82) is 0 Å². The number of aromatic nitrogens is 1. The van der Waals surface area contributed by atoms with Crippen LogP contribution in [0.15, 0.2) is 209 Å². The van der Waals surface area contributed by atoms with Crippen molar-refractivity contribution in [2.45, 2.75) is 6.17 Å². The van der Waals surface area contributed by atoms with Gasteiger partial charge in [-0.05, 0) is 74.6 Å². The highest BCUT2D eigenvalue weighted by molar-refractivity contribution is 6.23. The zero-order valence-corrected chi connectivity index (χ0v) is 31.3. The molecule has 0 bridgehead atoms. The van der Waals surface area contributed by atoms with Crippen molar-refractivity contribution >= 4 is 77.0 Å². The van der Waals surface area contributed by atoms with Gasteiger partial charge >= 0.3 is 0 Å². The average Bonchev–Trinajstić information content (AvgIpc) is 3.84. The largest absolute Gasteiger partial charge is 0.454 e. The Hall–Kier alpha value is -7.76. The first-order valence-corrected chi connectivity index (χ1v) is 19.7. The van der Waals surface area contributed by atoms with Gasteiger partial charge in [0.2, 0.25) is 0 Å². The molecule has 5 nitrogen and oxygen atoms in total. The molecule has 1 aliphatic heterocycles. The molecule has 0 fully saturated rings. The molecule has 0 saturated carbocycles. The maximum atomic E-state index is 6.94. The van der Waals surface area contributed by atoms with Gasteiger partial charge in [-0.1, -0.05) is 158 Å². The van der Waals surface area contributed by atoms with E-state index in [1.165, 1.54) is 38.1 Å². The highest BCUT2D eigenvalue weighted by Crippen LogP contribution is 2.40. The SMILES string of the molecule is c1ccc(-c2ccc3c4ccccc4n(-c4cccc5c4oc4cccc(C6=NC(c7ccc8ccccc8c7)=NC(c7ccc8ccccc8c7)N6)c45)c3c2)cc1. The van der Waals surface area contributed by atoms with E-state index < -0.39 is 0 Å². The fraction of sp³-hybridized carbons (Fsp3) is 0.0189. The van der Waals surface area contributed by atoms with Crippen LogP contribution in [0.5, 0.6) is 0 Å². The van der Waals surface area contributed by atoms with Crippen molar-refractivity contribution in [3.63, 3.8) is 0 Å². The van der Waals surface area contributed by atoms with Gasteiger partial charge in [-0.15, -0.1) is 0 Å². The number of hydrogen-bond donors (Lipinski definition) is 1. The van der Waals surface area contributed by atoms with E-state index in [-0.39, 0.29) is 6.17 Å². The summed E-state index contributed by atoms with van der Waals surface area (Å²) in [4.78, 5) is 10.6. The molecule has 58 heavy (non-hydrogen) atoms. The Kier molecular flexibility index (Phi) is 7.23. The minimum Gasteiger partial charge on any atom is -0.454 e. The maximum Gasteiger partial charge on any atom is 0.159 e. The summed E-state index contributed by atoms with van der Waals surface area (Å²) < 4.78 is 9.30. The van der Waals surface area contributed by atoms with Crippen LogP contribution in [0.1, 0.15) is 22.9 Å². The molecule has 0 amide bonds. The lowest BCUT2D eigenvalue weighted by Crippen LogP contribution is -2.33. The van der Waals surface area contributed by atoms with Crippen molar-refractivity contribution in [3.8, 4) is 16.8 Å². The van der Waals surface area contributed by atoms with Crippen LogP contribution in [0, 0.1) is 0 Å². The Labute approximate surface area is 333 Å². The Bertz CT molecular complexity index is 3500. The lowest BCUT2D eigenvalue weighted by molar-refractivity contribution is 0.665. The van der Waals surface area contributed by atoms with Gasteiger partial charge in [-0.25, -0.2) is 9.98 Å². The van der Waals surface area contributed by atoms with Crippen LogP contribution in [0.2, 0.25) is 0 Å². The summed E-state index contributed by atoms with van der Waals surface area (Å²) in [5, 5.41) is 12.9. The van der Waals surface area contributed by atoms with Crippen molar-refractivity contribution < 1.29 is 4.42 Å². The van der Waals surface area contributed by atoms with Crippen molar-refractivity contribution in [2.75, 3.05) is 0 Å². The zero-order valence-electron chi connectivity index (χ0n) is 31.3. The number of aliphatic imine (C=N–C) groups is 2. The first-order valence-electron chi connectivity index (χ1n) is 19.7. The second-order valence-corrected chi connectivity index (χ2v) is 15.0. The van der Waals surface area contributed by atoms with E-state index >= 15 is 0 Å². The molecule has 2 aromatic heterocycles. The van der Waals surface area contributed by atoms with Gasteiger partial charge in [0.25, 0.3) is 0 Å². The summed E-state index contributed by atoms with van der Waals surface area (Å²) in [6.07, 6.45) is -0.362. The van der Waals surface area contributed by atoms with Crippen LogP contribution in [0.25, 0.3) is 82.1 Å². The topological polar surface area (TPSA) is 54.8 Å². The second-order valence-electron chi connectivity index (χ2n) is 15.0. The number of rotatable bonds is 5. The summed E-state index contributed by atoms with van der Waals surface area (Å²) in [5.74, 6) is 1.43. The predicted octanol–water partition coefficient (Wildman–Crippen LogP) is 13.2. The fourth-order valence-electron chi connectivity index (χ4n) is 8.84. The third-order valence-corrected chi connectivity index (χ3v) is 11.6. The monoisotopic (exact) mass is 742 g/mol. The smallest absolute Gasteiger partial charge is 0.159 e. The van der Waals surface area contributed by atoms with Crippen molar-refractivity contribution in [1.82, 2.24) is 9.88 Å². The number of nitrogens with one attached hydrogen (secondary N) is 1. The van der Waals surface area contributed by atoms with Crippen LogP contribution in [-0.4, -0.2) is 16.2 Å². The number of benzene rings is 9. The third-order valence-electron chi connectivity index (χ3n) is 11.6. The summed E-state index contributed by atoms with van der Waals surface area (Å²) >= 11 is 0. The van der Waals surface area contributed by atoms with E-state index in [1.54, 1.807) is 0 Å². The molecule has 0 aliphatic carbocycles. The number of nitrogens with zero attached hydrogens (tertiary/aromatic N) is 3. The quantitative estimate of drug-likeness (QED) is 0.191.